The van der Waals surface area contributed by atoms with E-state index in [0.29, 0.717) is 0 Å². The minimum atomic E-state index is -0.800. The van der Waals surface area contributed by atoms with Gasteiger partial charge in [0.25, 0.3) is 11.6 Å². The number of halogens is 1. The molecule has 0 unspecified atom stereocenters. The molecule has 10 nitrogen and oxygen atoms in total. The molecular weight excluding hydrogens is 378 g/mol. The predicted molar refractivity (Wildman–Crippen MR) is 97.6 cm³/mol. The second-order valence-electron chi connectivity index (χ2n) is 5.26. The van der Waals surface area contributed by atoms with E-state index in [0.717, 1.165) is 6.07 Å². The molecule has 3 aromatic rings. The van der Waals surface area contributed by atoms with Crippen LogP contribution in [0.4, 0.5) is 17.1 Å². The second-order valence-corrected chi connectivity index (χ2v) is 5.67. The van der Waals surface area contributed by atoms with E-state index >= 15 is 0 Å². The molecule has 3 rings (SSSR count). The van der Waals surface area contributed by atoms with Crippen molar-refractivity contribution in [1.29, 1.82) is 0 Å². The number of nitrogens with one attached hydrogen (secondary N) is 2. The molecule has 0 aliphatic rings. The van der Waals surface area contributed by atoms with Crippen LogP contribution in [0.3, 0.4) is 0 Å². The lowest BCUT2D eigenvalue weighted by Crippen LogP contribution is -2.30. The highest BCUT2D eigenvalue weighted by atomic mass is 35.5. The first-order chi connectivity index (χ1) is 12.9. The summed E-state index contributed by atoms with van der Waals surface area (Å²) in [6, 6.07) is 9.92. The van der Waals surface area contributed by atoms with Gasteiger partial charge in [0.05, 0.1) is 31.9 Å². The summed E-state index contributed by atoms with van der Waals surface area (Å²) < 4.78 is 0. The van der Waals surface area contributed by atoms with Crippen LogP contribution in [0.1, 0.15) is 10.4 Å². The maximum absolute atomic E-state index is 12.3. The zero-order valence-electron chi connectivity index (χ0n) is 13.4. The van der Waals surface area contributed by atoms with Crippen LogP contribution >= 0.6 is 11.6 Å². The molecule has 0 atom stereocenters. The zero-order chi connectivity index (χ0) is 19.6. The summed E-state index contributed by atoms with van der Waals surface area (Å²) in [6.45, 7) is 0. The summed E-state index contributed by atoms with van der Waals surface area (Å²) in [5.74, 6) is -0.641. The number of hydrazine groups is 1. The lowest BCUT2D eigenvalue weighted by Gasteiger charge is -2.12. The number of rotatable bonds is 5. The van der Waals surface area contributed by atoms with E-state index in [4.69, 9.17) is 11.6 Å². The fourth-order valence-electron chi connectivity index (χ4n) is 2.46. The van der Waals surface area contributed by atoms with Crippen molar-refractivity contribution in [2.75, 3.05) is 5.43 Å². The Morgan fingerprint density at radius 1 is 1.04 bits per heavy atom. The van der Waals surface area contributed by atoms with Gasteiger partial charge in [-0.15, -0.1) is 0 Å². The smallest absolute Gasteiger partial charge is 0.290 e. The van der Waals surface area contributed by atoms with Gasteiger partial charge in [0, 0.05) is 6.20 Å². The van der Waals surface area contributed by atoms with Crippen molar-refractivity contribution < 1.29 is 14.6 Å². The van der Waals surface area contributed by atoms with Gasteiger partial charge in [-0.2, -0.15) is 0 Å². The van der Waals surface area contributed by atoms with Crippen molar-refractivity contribution in [3.8, 4) is 0 Å². The number of aromatic nitrogens is 1. The van der Waals surface area contributed by atoms with Gasteiger partial charge in [-0.3, -0.25) is 40.9 Å². The highest BCUT2D eigenvalue weighted by Crippen LogP contribution is 2.37. The van der Waals surface area contributed by atoms with Crippen LogP contribution in [0.5, 0.6) is 0 Å². The molecule has 0 aliphatic carbocycles. The fraction of sp³-hybridized carbons (Fsp3) is 0. The van der Waals surface area contributed by atoms with E-state index in [1.165, 1.54) is 30.5 Å². The number of pyridine rings is 1. The number of nitro benzene ring substituents is 2. The van der Waals surface area contributed by atoms with Crippen LogP contribution in [0.2, 0.25) is 5.02 Å². The monoisotopic (exact) mass is 387 g/mol. The molecule has 11 heteroatoms. The van der Waals surface area contributed by atoms with E-state index in [2.05, 4.69) is 15.8 Å². The summed E-state index contributed by atoms with van der Waals surface area (Å²) in [5.41, 5.74) is 3.62. The Labute approximate surface area is 156 Å². The van der Waals surface area contributed by atoms with E-state index in [9.17, 15) is 25.0 Å². The molecule has 0 spiro atoms. The first-order valence-electron chi connectivity index (χ1n) is 7.41. The number of non-ortho nitro benzene ring substituents is 1. The van der Waals surface area contributed by atoms with Crippen LogP contribution in [0, 0.1) is 20.2 Å². The van der Waals surface area contributed by atoms with E-state index in [1.54, 1.807) is 12.1 Å². The van der Waals surface area contributed by atoms with Gasteiger partial charge >= 0.3 is 5.69 Å². The van der Waals surface area contributed by atoms with Crippen LogP contribution in [-0.2, 0) is 0 Å². The van der Waals surface area contributed by atoms with Crippen LogP contribution in [0.15, 0.2) is 48.7 Å². The van der Waals surface area contributed by atoms with Gasteiger partial charge in [0.1, 0.15) is 5.52 Å². The Morgan fingerprint density at radius 3 is 2.41 bits per heavy atom. The maximum atomic E-state index is 12.3. The highest BCUT2D eigenvalue weighted by molar-refractivity contribution is 6.33. The lowest BCUT2D eigenvalue weighted by atomic mass is 10.1. The molecular formula is C16H10ClN5O5. The largest absolute Gasteiger partial charge is 0.303 e. The summed E-state index contributed by atoms with van der Waals surface area (Å²) >= 11 is 5.95. The van der Waals surface area contributed by atoms with Crippen molar-refractivity contribution >= 4 is 45.5 Å². The molecule has 1 amide bonds. The minimum Gasteiger partial charge on any atom is -0.290 e. The third kappa shape index (κ3) is 3.46. The molecule has 2 aromatic carbocycles. The van der Waals surface area contributed by atoms with Gasteiger partial charge in [-0.25, -0.2) is 0 Å². The number of hydrogen-bond acceptors (Lipinski definition) is 7. The SMILES string of the molecule is O=C(NNc1c([N+](=O)[O-])cc([N+](=O)[O-])c2cccnc12)c1ccccc1Cl. The molecule has 0 radical (unpaired) electrons. The number of nitrogens with zero attached hydrogens (tertiary/aromatic N) is 3. The van der Waals surface area contributed by atoms with Crippen LogP contribution < -0.4 is 10.9 Å². The first kappa shape index (κ1) is 18.0. The number of fused-ring (bicyclic) bond motifs is 1. The molecule has 0 fully saturated rings. The van der Waals surface area contributed by atoms with Crippen molar-refractivity contribution in [1.82, 2.24) is 10.4 Å². The standard InChI is InChI=1S/C16H10ClN5O5/c17-11-6-2-1-4-9(11)16(23)20-19-15-13(22(26)27)8-12(21(24)25)10-5-3-7-18-14(10)15/h1-8,19H,(H,20,23). The van der Waals surface area contributed by atoms with Gasteiger partial charge < -0.3 is 0 Å². The predicted octanol–water partition coefficient (Wildman–Crippen LogP) is 3.46. The van der Waals surface area contributed by atoms with E-state index in [-0.39, 0.29) is 27.2 Å². The molecule has 27 heavy (non-hydrogen) atoms. The van der Waals surface area contributed by atoms with Gasteiger partial charge in [0.15, 0.2) is 5.69 Å². The van der Waals surface area contributed by atoms with Crippen molar-refractivity contribution in [2.45, 2.75) is 0 Å². The van der Waals surface area contributed by atoms with E-state index < -0.39 is 27.1 Å². The van der Waals surface area contributed by atoms with Crippen molar-refractivity contribution in [3.63, 3.8) is 0 Å². The number of carbonyl (C=O) groups is 1. The van der Waals surface area contributed by atoms with Crippen LogP contribution in [-0.4, -0.2) is 20.7 Å². The zero-order valence-corrected chi connectivity index (χ0v) is 14.1. The topological polar surface area (TPSA) is 140 Å². The van der Waals surface area contributed by atoms with Gasteiger partial charge in [-0.1, -0.05) is 23.7 Å². The third-order valence-electron chi connectivity index (χ3n) is 3.66. The quantitative estimate of drug-likeness (QED) is 0.504. The molecule has 2 N–H and O–H groups in total. The second kappa shape index (κ2) is 7.22. The number of nitro groups is 2. The highest BCUT2D eigenvalue weighted by Gasteiger charge is 2.26. The minimum absolute atomic E-state index is 0.0298. The normalized spacial score (nSPS) is 10.4. The fourth-order valence-corrected chi connectivity index (χ4v) is 2.68. The molecule has 0 saturated heterocycles. The van der Waals surface area contributed by atoms with Crippen molar-refractivity contribution in [2.24, 2.45) is 0 Å². The number of hydrogen-bond donors (Lipinski definition) is 2. The van der Waals surface area contributed by atoms with Crippen LogP contribution in [0.25, 0.3) is 10.9 Å². The Bertz CT molecular complexity index is 1090. The molecule has 0 saturated carbocycles. The van der Waals surface area contributed by atoms with Gasteiger partial charge in [-0.05, 0) is 24.3 Å². The van der Waals surface area contributed by atoms with Gasteiger partial charge in [0.2, 0.25) is 0 Å². The average Bonchev–Trinajstić information content (AvgIpc) is 2.65. The van der Waals surface area contributed by atoms with E-state index in [1.807, 2.05) is 0 Å². The number of amides is 1. The summed E-state index contributed by atoms with van der Waals surface area (Å²) in [7, 11) is 0. The summed E-state index contributed by atoms with van der Waals surface area (Å²) in [4.78, 5) is 37.4. The number of anilines is 1. The Kier molecular flexibility index (Phi) is 4.81. The Morgan fingerprint density at radius 2 is 1.74 bits per heavy atom. The summed E-state index contributed by atoms with van der Waals surface area (Å²) in [5, 5.41) is 22.9. The van der Waals surface area contributed by atoms with Crippen molar-refractivity contribution in [3.05, 3.63) is 79.5 Å². The summed E-state index contributed by atoms with van der Waals surface area (Å²) in [6.07, 6.45) is 1.33. The Balaban J connectivity index is 2.06. The molecule has 1 heterocycles. The lowest BCUT2D eigenvalue weighted by molar-refractivity contribution is -0.392. The number of benzene rings is 2. The Hall–Kier alpha value is -3.79. The maximum Gasteiger partial charge on any atom is 0.303 e. The molecule has 0 aliphatic heterocycles. The number of carbonyl (C=O) groups excluding carboxylic acids is 1. The molecule has 0 bridgehead atoms. The molecule has 136 valence electrons. The average molecular weight is 388 g/mol. The third-order valence-corrected chi connectivity index (χ3v) is 3.99. The molecule has 1 aromatic heterocycles. The first-order valence-corrected chi connectivity index (χ1v) is 7.79.